The van der Waals surface area contributed by atoms with E-state index in [-0.39, 0.29) is 0 Å². The summed E-state index contributed by atoms with van der Waals surface area (Å²) in [4.78, 5) is 2.80. The zero-order valence-electron chi connectivity index (χ0n) is 11.4. The Morgan fingerprint density at radius 1 is 1.06 bits per heavy atom. The Kier molecular flexibility index (Phi) is 3.91. The second-order valence-electron chi connectivity index (χ2n) is 6.00. The summed E-state index contributed by atoms with van der Waals surface area (Å²) in [5.41, 5.74) is 0. The molecule has 2 aliphatic rings. The van der Waals surface area contributed by atoms with Crippen molar-refractivity contribution in [2.24, 2.45) is 11.8 Å². The Labute approximate surface area is 101 Å². The van der Waals surface area contributed by atoms with Crippen LogP contribution in [0.2, 0.25) is 0 Å². The molecule has 1 saturated carbocycles. The van der Waals surface area contributed by atoms with Crippen molar-refractivity contribution in [3.8, 4) is 0 Å². The van der Waals surface area contributed by atoms with Crippen LogP contribution in [0.1, 0.15) is 46.5 Å². The van der Waals surface area contributed by atoms with Gasteiger partial charge in [0.15, 0.2) is 0 Å². The summed E-state index contributed by atoms with van der Waals surface area (Å²) in [7, 11) is 2.11. The van der Waals surface area contributed by atoms with Gasteiger partial charge >= 0.3 is 0 Å². The van der Waals surface area contributed by atoms with E-state index in [1.54, 1.807) is 0 Å². The average Bonchev–Trinajstić information content (AvgIpc) is 2.69. The molecular weight excluding hydrogens is 196 g/mol. The molecule has 0 aromatic carbocycles. The van der Waals surface area contributed by atoms with Gasteiger partial charge in [-0.3, -0.25) is 4.90 Å². The van der Waals surface area contributed by atoms with Crippen LogP contribution >= 0.6 is 0 Å². The van der Waals surface area contributed by atoms with Gasteiger partial charge in [-0.05, 0) is 45.1 Å². The first-order valence-corrected chi connectivity index (χ1v) is 7.08. The SMILES string of the molecule is CNC1CCN(C2CCCC2C)C(C)C1C. The van der Waals surface area contributed by atoms with E-state index in [4.69, 9.17) is 0 Å². The van der Waals surface area contributed by atoms with Crippen LogP contribution in [0.5, 0.6) is 0 Å². The van der Waals surface area contributed by atoms with Gasteiger partial charge in [0, 0.05) is 24.7 Å². The van der Waals surface area contributed by atoms with E-state index in [9.17, 15) is 0 Å². The fraction of sp³-hybridized carbons (Fsp3) is 1.00. The van der Waals surface area contributed by atoms with Crippen LogP contribution in [0, 0.1) is 11.8 Å². The molecule has 5 atom stereocenters. The van der Waals surface area contributed by atoms with Gasteiger partial charge < -0.3 is 5.32 Å². The van der Waals surface area contributed by atoms with E-state index in [1.165, 1.54) is 32.2 Å². The number of nitrogens with one attached hydrogen (secondary N) is 1. The maximum atomic E-state index is 3.48. The van der Waals surface area contributed by atoms with Crippen molar-refractivity contribution in [1.82, 2.24) is 10.2 Å². The van der Waals surface area contributed by atoms with Crippen LogP contribution in [0.25, 0.3) is 0 Å². The highest BCUT2D eigenvalue weighted by Crippen LogP contribution is 2.35. The first-order valence-electron chi connectivity index (χ1n) is 7.08. The predicted octanol–water partition coefficient (Wildman–Crippen LogP) is 2.49. The average molecular weight is 224 g/mol. The van der Waals surface area contributed by atoms with Crippen molar-refractivity contribution in [2.75, 3.05) is 13.6 Å². The summed E-state index contributed by atoms with van der Waals surface area (Å²) in [5, 5.41) is 3.48. The third-order valence-corrected chi connectivity index (χ3v) is 5.23. The summed E-state index contributed by atoms with van der Waals surface area (Å²) in [6, 6.07) is 2.34. The molecule has 2 heteroatoms. The normalized spacial score (nSPS) is 46.1. The largest absolute Gasteiger partial charge is 0.317 e. The smallest absolute Gasteiger partial charge is 0.0124 e. The van der Waals surface area contributed by atoms with E-state index in [0.29, 0.717) is 0 Å². The Balaban J connectivity index is 2.01. The highest BCUT2D eigenvalue weighted by molar-refractivity contribution is 4.94. The molecule has 5 unspecified atom stereocenters. The quantitative estimate of drug-likeness (QED) is 0.775. The molecular formula is C14H28N2. The van der Waals surface area contributed by atoms with Gasteiger partial charge in [0.05, 0.1) is 0 Å². The summed E-state index contributed by atoms with van der Waals surface area (Å²) < 4.78 is 0. The number of likely N-dealkylation sites (tertiary alicyclic amines) is 1. The molecule has 1 N–H and O–H groups in total. The van der Waals surface area contributed by atoms with E-state index in [0.717, 1.165) is 30.0 Å². The van der Waals surface area contributed by atoms with E-state index >= 15 is 0 Å². The molecule has 2 rings (SSSR count). The van der Waals surface area contributed by atoms with Crippen LogP contribution in [-0.2, 0) is 0 Å². The molecule has 0 aromatic heterocycles. The predicted molar refractivity (Wildman–Crippen MR) is 69.6 cm³/mol. The van der Waals surface area contributed by atoms with Crippen molar-refractivity contribution in [3.63, 3.8) is 0 Å². The maximum Gasteiger partial charge on any atom is 0.0124 e. The molecule has 0 amide bonds. The van der Waals surface area contributed by atoms with Gasteiger partial charge in [0.25, 0.3) is 0 Å². The fourth-order valence-electron chi connectivity index (χ4n) is 3.89. The van der Waals surface area contributed by atoms with E-state index in [2.05, 4.69) is 38.0 Å². The molecule has 1 heterocycles. The molecule has 1 aliphatic carbocycles. The van der Waals surface area contributed by atoms with Gasteiger partial charge in [-0.1, -0.05) is 20.3 Å². The Bertz CT molecular complexity index is 229. The van der Waals surface area contributed by atoms with Gasteiger partial charge in [-0.25, -0.2) is 0 Å². The number of nitrogens with zero attached hydrogens (tertiary/aromatic N) is 1. The zero-order valence-corrected chi connectivity index (χ0v) is 11.4. The highest BCUT2D eigenvalue weighted by atomic mass is 15.2. The number of rotatable bonds is 2. The van der Waals surface area contributed by atoms with Gasteiger partial charge in [0.2, 0.25) is 0 Å². The topological polar surface area (TPSA) is 15.3 Å². The van der Waals surface area contributed by atoms with Crippen LogP contribution < -0.4 is 5.32 Å². The number of piperidine rings is 1. The lowest BCUT2D eigenvalue weighted by Crippen LogP contribution is -2.56. The second kappa shape index (κ2) is 5.05. The van der Waals surface area contributed by atoms with Gasteiger partial charge in [-0.2, -0.15) is 0 Å². The van der Waals surface area contributed by atoms with E-state index < -0.39 is 0 Å². The number of hydrogen-bond acceptors (Lipinski definition) is 2. The first kappa shape index (κ1) is 12.4. The molecule has 0 aromatic rings. The summed E-state index contributed by atoms with van der Waals surface area (Å²) >= 11 is 0. The molecule has 0 bridgehead atoms. The maximum absolute atomic E-state index is 3.48. The van der Waals surface area contributed by atoms with Crippen molar-refractivity contribution in [1.29, 1.82) is 0 Å². The molecule has 0 radical (unpaired) electrons. The molecule has 1 aliphatic heterocycles. The summed E-state index contributed by atoms with van der Waals surface area (Å²) in [6.45, 7) is 8.59. The molecule has 0 spiro atoms. The van der Waals surface area contributed by atoms with Crippen molar-refractivity contribution < 1.29 is 0 Å². The monoisotopic (exact) mass is 224 g/mol. The van der Waals surface area contributed by atoms with Gasteiger partial charge in [0.1, 0.15) is 0 Å². The van der Waals surface area contributed by atoms with Crippen molar-refractivity contribution >= 4 is 0 Å². The van der Waals surface area contributed by atoms with E-state index in [1.807, 2.05) is 0 Å². The zero-order chi connectivity index (χ0) is 11.7. The minimum Gasteiger partial charge on any atom is -0.317 e. The first-order chi connectivity index (χ1) is 7.65. The summed E-state index contributed by atoms with van der Waals surface area (Å²) in [5.74, 6) is 1.70. The highest BCUT2D eigenvalue weighted by Gasteiger charge is 2.38. The molecule has 94 valence electrons. The Hall–Kier alpha value is -0.0800. The van der Waals surface area contributed by atoms with Crippen LogP contribution in [0.4, 0.5) is 0 Å². The van der Waals surface area contributed by atoms with Crippen molar-refractivity contribution in [2.45, 2.75) is 64.6 Å². The van der Waals surface area contributed by atoms with Crippen LogP contribution in [-0.4, -0.2) is 36.6 Å². The third-order valence-electron chi connectivity index (χ3n) is 5.23. The standard InChI is InChI=1S/C14H28N2/c1-10-6-5-7-14(10)16-9-8-13(15-4)11(2)12(16)3/h10-15H,5-9H2,1-4H3. The molecule has 16 heavy (non-hydrogen) atoms. The van der Waals surface area contributed by atoms with Crippen LogP contribution in [0.15, 0.2) is 0 Å². The molecule has 2 nitrogen and oxygen atoms in total. The lowest BCUT2D eigenvalue weighted by molar-refractivity contribution is 0.0364. The Morgan fingerprint density at radius 3 is 2.38 bits per heavy atom. The minimum absolute atomic E-state index is 0.725. The number of hydrogen-bond donors (Lipinski definition) is 1. The lowest BCUT2D eigenvalue weighted by Gasteiger charge is -2.46. The fourth-order valence-corrected chi connectivity index (χ4v) is 3.89. The lowest BCUT2D eigenvalue weighted by atomic mass is 9.85. The van der Waals surface area contributed by atoms with Crippen molar-refractivity contribution in [3.05, 3.63) is 0 Å². The second-order valence-corrected chi connectivity index (χ2v) is 6.00. The molecule has 1 saturated heterocycles. The molecule has 2 fully saturated rings. The summed E-state index contributed by atoms with van der Waals surface area (Å²) in [6.07, 6.45) is 5.64. The van der Waals surface area contributed by atoms with Gasteiger partial charge in [-0.15, -0.1) is 0 Å². The third kappa shape index (κ3) is 2.14. The minimum atomic E-state index is 0.725. The Morgan fingerprint density at radius 2 is 1.81 bits per heavy atom. The van der Waals surface area contributed by atoms with Crippen LogP contribution in [0.3, 0.4) is 0 Å².